The minimum atomic E-state index is -0.350. The standard InChI is InChI=1S/C14H10Cl2N2O/c15-10-4-2-1-3-9(10)13(16)8-5-6-11-12(7-8)18-14(19)17-11/h1-7,13H,(H2,17,18,19). The lowest BCUT2D eigenvalue weighted by Crippen LogP contribution is -1.99. The molecular formula is C14H10Cl2N2O. The van der Waals surface area contributed by atoms with Gasteiger partial charge < -0.3 is 9.97 Å². The van der Waals surface area contributed by atoms with Gasteiger partial charge in [0.05, 0.1) is 16.4 Å². The van der Waals surface area contributed by atoms with E-state index in [1.807, 2.05) is 42.5 Å². The molecule has 0 aliphatic rings. The molecule has 2 aromatic carbocycles. The number of halogens is 2. The Bertz CT molecular complexity index is 791. The number of nitrogens with one attached hydrogen (secondary N) is 2. The van der Waals surface area contributed by atoms with Gasteiger partial charge in [0.25, 0.3) is 0 Å². The van der Waals surface area contributed by atoms with Crippen LogP contribution in [0, 0.1) is 0 Å². The number of hydrogen-bond acceptors (Lipinski definition) is 1. The molecule has 1 aromatic heterocycles. The number of rotatable bonds is 2. The zero-order chi connectivity index (χ0) is 13.4. The van der Waals surface area contributed by atoms with Crippen LogP contribution in [0.5, 0.6) is 0 Å². The van der Waals surface area contributed by atoms with Crippen molar-refractivity contribution in [3.63, 3.8) is 0 Å². The molecule has 5 heteroatoms. The second kappa shape index (κ2) is 4.76. The van der Waals surface area contributed by atoms with E-state index in [9.17, 15) is 4.79 Å². The van der Waals surface area contributed by atoms with Crippen LogP contribution in [-0.2, 0) is 0 Å². The van der Waals surface area contributed by atoms with Crippen LogP contribution in [0.25, 0.3) is 11.0 Å². The van der Waals surface area contributed by atoms with E-state index in [2.05, 4.69) is 9.97 Å². The third-order valence-electron chi connectivity index (χ3n) is 3.01. The van der Waals surface area contributed by atoms with Gasteiger partial charge in [0.2, 0.25) is 0 Å². The minimum Gasteiger partial charge on any atom is -0.306 e. The smallest absolute Gasteiger partial charge is 0.306 e. The van der Waals surface area contributed by atoms with Crippen LogP contribution in [0.2, 0.25) is 5.02 Å². The number of benzene rings is 2. The Balaban J connectivity index is 2.08. The van der Waals surface area contributed by atoms with Crippen LogP contribution in [0.3, 0.4) is 0 Å². The molecule has 0 saturated heterocycles. The summed E-state index contributed by atoms with van der Waals surface area (Å²) in [5.41, 5.74) is 3.01. The van der Waals surface area contributed by atoms with Crippen molar-refractivity contribution in [1.29, 1.82) is 0 Å². The first kappa shape index (κ1) is 12.3. The number of imidazole rings is 1. The van der Waals surface area contributed by atoms with Crippen molar-refractivity contribution in [2.45, 2.75) is 5.38 Å². The van der Waals surface area contributed by atoms with E-state index in [-0.39, 0.29) is 11.1 Å². The lowest BCUT2D eigenvalue weighted by molar-refractivity contribution is 1.14. The maximum atomic E-state index is 11.2. The third kappa shape index (κ3) is 2.27. The molecule has 19 heavy (non-hydrogen) atoms. The molecule has 2 N–H and O–H groups in total. The monoisotopic (exact) mass is 292 g/mol. The van der Waals surface area contributed by atoms with Crippen LogP contribution >= 0.6 is 23.2 Å². The number of fused-ring (bicyclic) bond motifs is 1. The van der Waals surface area contributed by atoms with E-state index in [1.165, 1.54) is 0 Å². The first-order chi connectivity index (χ1) is 9.15. The number of aromatic amines is 2. The van der Waals surface area contributed by atoms with Crippen LogP contribution in [0.1, 0.15) is 16.5 Å². The third-order valence-corrected chi connectivity index (χ3v) is 3.84. The van der Waals surface area contributed by atoms with Gasteiger partial charge in [-0.05, 0) is 29.3 Å². The summed E-state index contributed by atoms with van der Waals surface area (Å²) in [5, 5.41) is 0.279. The summed E-state index contributed by atoms with van der Waals surface area (Å²) in [5.74, 6) is 0. The van der Waals surface area contributed by atoms with Gasteiger partial charge in [-0.25, -0.2) is 4.79 Å². The Hall–Kier alpha value is -1.71. The predicted molar refractivity (Wildman–Crippen MR) is 78.1 cm³/mol. The van der Waals surface area contributed by atoms with Crippen molar-refractivity contribution in [2.24, 2.45) is 0 Å². The molecule has 0 aliphatic carbocycles. The van der Waals surface area contributed by atoms with Crippen LogP contribution in [0.15, 0.2) is 47.3 Å². The molecule has 1 unspecified atom stereocenters. The SMILES string of the molecule is O=c1[nH]c2ccc(C(Cl)c3ccccc3Cl)cc2[nH]1. The van der Waals surface area contributed by atoms with E-state index in [1.54, 1.807) is 0 Å². The largest absolute Gasteiger partial charge is 0.323 e. The molecule has 0 amide bonds. The highest BCUT2D eigenvalue weighted by molar-refractivity contribution is 6.33. The van der Waals surface area contributed by atoms with Gasteiger partial charge in [-0.2, -0.15) is 0 Å². The van der Waals surface area contributed by atoms with Gasteiger partial charge in [-0.1, -0.05) is 35.9 Å². The maximum Gasteiger partial charge on any atom is 0.323 e. The van der Waals surface area contributed by atoms with E-state index < -0.39 is 0 Å². The zero-order valence-electron chi connectivity index (χ0n) is 9.78. The molecule has 0 aliphatic heterocycles. The molecule has 0 fully saturated rings. The number of H-pyrrole nitrogens is 2. The topological polar surface area (TPSA) is 48.6 Å². The van der Waals surface area contributed by atoms with Gasteiger partial charge in [0.15, 0.2) is 0 Å². The molecular weight excluding hydrogens is 283 g/mol. The van der Waals surface area contributed by atoms with Gasteiger partial charge in [0.1, 0.15) is 0 Å². The van der Waals surface area contributed by atoms with E-state index in [4.69, 9.17) is 23.2 Å². The maximum absolute atomic E-state index is 11.2. The van der Waals surface area contributed by atoms with Gasteiger partial charge in [-0.15, -0.1) is 11.6 Å². The minimum absolute atomic E-state index is 0.226. The zero-order valence-corrected chi connectivity index (χ0v) is 11.3. The molecule has 3 rings (SSSR count). The normalized spacial score (nSPS) is 12.7. The van der Waals surface area contributed by atoms with Crippen LogP contribution < -0.4 is 5.69 Å². The second-order valence-electron chi connectivity index (χ2n) is 4.27. The molecule has 3 nitrogen and oxygen atoms in total. The van der Waals surface area contributed by atoms with Gasteiger partial charge in [0, 0.05) is 5.02 Å². The Labute approximate surface area is 119 Å². The van der Waals surface area contributed by atoms with E-state index in [0.717, 1.165) is 22.2 Å². The fourth-order valence-corrected chi connectivity index (χ4v) is 2.69. The van der Waals surface area contributed by atoms with Crippen molar-refractivity contribution in [2.75, 3.05) is 0 Å². The molecule has 3 aromatic rings. The van der Waals surface area contributed by atoms with Crippen molar-refractivity contribution >= 4 is 34.2 Å². The summed E-state index contributed by atoms with van der Waals surface area (Å²) in [4.78, 5) is 16.6. The summed E-state index contributed by atoms with van der Waals surface area (Å²) in [6.07, 6.45) is 0. The van der Waals surface area contributed by atoms with Crippen LogP contribution in [-0.4, -0.2) is 9.97 Å². The highest BCUT2D eigenvalue weighted by Gasteiger charge is 2.14. The average molecular weight is 293 g/mol. The summed E-state index contributed by atoms with van der Waals surface area (Å²) in [7, 11) is 0. The van der Waals surface area contributed by atoms with Gasteiger partial charge in [-0.3, -0.25) is 0 Å². The highest BCUT2D eigenvalue weighted by Crippen LogP contribution is 2.34. The van der Waals surface area contributed by atoms with Crippen molar-refractivity contribution in [1.82, 2.24) is 9.97 Å². The van der Waals surface area contributed by atoms with E-state index in [0.29, 0.717) is 5.02 Å². The quantitative estimate of drug-likeness (QED) is 0.693. The summed E-state index contributed by atoms with van der Waals surface area (Å²) >= 11 is 12.6. The molecule has 96 valence electrons. The fourth-order valence-electron chi connectivity index (χ4n) is 2.07. The lowest BCUT2D eigenvalue weighted by atomic mass is 10.0. The Morgan fingerprint density at radius 2 is 1.74 bits per heavy atom. The number of aromatic nitrogens is 2. The molecule has 1 heterocycles. The molecule has 0 radical (unpaired) electrons. The molecule has 0 bridgehead atoms. The molecule has 1 atom stereocenters. The lowest BCUT2D eigenvalue weighted by Gasteiger charge is -2.12. The summed E-state index contributed by atoms with van der Waals surface area (Å²) in [6.45, 7) is 0. The van der Waals surface area contributed by atoms with Crippen molar-refractivity contribution in [3.8, 4) is 0 Å². The predicted octanol–water partition coefficient (Wildman–Crippen LogP) is 3.84. The number of hydrogen-bond donors (Lipinski definition) is 2. The Morgan fingerprint density at radius 3 is 2.53 bits per heavy atom. The van der Waals surface area contributed by atoms with E-state index >= 15 is 0 Å². The first-order valence-corrected chi connectivity index (χ1v) is 6.57. The number of alkyl halides is 1. The average Bonchev–Trinajstić information content (AvgIpc) is 2.77. The fraction of sp³-hybridized carbons (Fsp3) is 0.0714. The summed E-state index contributed by atoms with van der Waals surface area (Å²) in [6, 6.07) is 13.0. The first-order valence-electron chi connectivity index (χ1n) is 5.75. The van der Waals surface area contributed by atoms with Crippen molar-refractivity contribution in [3.05, 3.63) is 69.1 Å². The summed E-state index contributed by atoms with van der Waals surface area (Å²) < 4.78 is 0. The molecule has 0 saturated carbocycles. The Morgan fingerprint density at radius 1 is 1.00 bits per heavy atom. The molecule has 0 spiro atoms. The van der Waals surface area contributed by atoms with Crippen LogP contribution in [0.4, 0.5) is 0 Å². The highest BCUT2D eigenvalue weighted by atomic mass is 35.5. The van der Waals surface area contributed by atoms with Gasteiger partial charge >= 0.3 is 5.69 Å². The Kier molecular flexibility index (Phi) is 3.09. The second-order valence-corrected chi connectivity index (χ2v) is 5.11. The van der Waals surface area contributed by atoms with Crippen molar-refractivity contribution < 1.29 is 0 Å².